The third-order valence-corrected chi connectivity index (χ3v) is 6.55. The number of aromatic amines is 1. The number of amides is 3. The zero-order valence-electron chi connectivity index (χ0n) is 22.0. The van der Waals surface area contributed by atoms with E-state index in [9.17, 15) is 14.4 Å². The molecule has 5 rings (SSSR count). The van der Waals surface area contributed by atoms with Gasteiger partial charge in [0.2, 0.25) is 18.9 Å². The van der Waals surface area contributed by atoms with E-state index >= 15 is 0 Å². The summed E-state index contributed by atoms with van der Waals surface area (Å²) in [4.78, 5) is 45.3. The Kier molecular flexibility index (Phi) is 7.31. The Morgan fingerprint density at radius 2 is 1.95 bits per heavy atom. The summed E-state index contributed by atoms with van der Waals surface area (Å²) in [6.45, 7) is 1.99. The summed E-state index contributed by atoms with van der Waals surface area (Å²) in [5, 5.41) is 3.45. The average molecular weight is 535 g/mol. The third kappa shape index (κ3) is 4.95. The summed E-state index contributed by atoms with van der Waals surface area (Å²) < 4.78 is 22.7. The summed E-state index contributed by atoms with van der Waals surface area (Å²) in [6.07, 6.45) is 1.70. The minimum absolute atomic E-state index is 0.0303. The van der Waals surface area contributed by atoms with E-state index in [4.69, 9.17) is 18.9 Å². The summed E-state index contributed by atoms with van der Waals surface area (Å²) in [7, 11) is 2.96. The second-order valence-electron chi connectivity index (χ2n) is 9.18. The number of likely N-dealkylation sites (N-methyl/N-ethyl adjacent to an activating group) is 2. The predicted molar refractivity (Wildman–Crippen MR) is 141 cm³/mol. The molecule has 204 valence electrons. The van der Waals surface area contributed by atoms with Crippen LogP contribution in [-0.2, 0) is 19.1 Å². The molecule has 0 aliphatic carbocycles. The van der Waals surface area contributed by atoms with E-state index in [-0.39, 0.29) is 31.4 Å². The first-order valence-corrected chi connectivity index (χ1v) is 12.7. The highest BCUT2D eigenvalue weighted by molar-refractivity contribution is 6.07. The molecule has 0 saturated carbocycles. The predicted octanol–water partition coefficient (Wildman–Crippen LogP) is 3.74. The number of para-hydroxylation sites is 1. The van der Waals surface area contributed by atoms with E-state index in [1.54, 1.807) is 24.4 Å². The molecule has 1 unspecified atom stereocenters. The Hall–Kier alpha value is -4.67. The van der Waals surface area contributed by atoms with Crippen LogP contribution in [0.5, 0.6) is 11.5 Å². The molecule has 1 aromatic heterocycles. The molecule has 11 nitrogen and oxygen atoms in total. The maximum atomic E-state index is 13.8. The van der Waals surface area contributed by atoms with Gasteiger partial charge >= 0.3 is 6.09 Å². The first-order valence-electron chi connectivity index (χ1n) is 12.7. The number of ether oxygens (including phenoxy) is 4. The summed E-state index contributed by atoms with van der Waals surface area (Å²) in [5.74, 6) is 0.264. The van der Waals surface area contributed by atoms with Crippen LogP contribution in [0.2, 0.25) is 0 Å². The van der Waals surface area contributed by atoms with Crippen LogP contribution in [0.1, 0.15) is 37.1 Å². The lowest BCUT2D eigenvalue weighted by Gasteiger charge is -2.27. The quantitative estimate of drug-likeness (QED) is 0.422. The van der Waals surface area contributed by atoms with Gasteiger partial charge in [0, 0.05) is 42.3 Å². The van der Waals surface area contributed by atoms with Crippen LogP contribution in [0.4, 0.5) is 4.79 Å². The minimum Gasteiger partial charge on any atom is -0.463 e. The Labute approximate surface area is 225 Å². The Morgan fingerprint density at radius 3 is 2.74 bits per heavy atom. The number of aromatic nitrogens is 1. The molecule has 3 aromatic rings. The maximum Gasteiger partial charge on any atom is 0.409 e. The normalized spacial score (nSPS) is 15.9. The number of nitrogens with zero attached hydrogens (tertiary/aromatic N) is 2. The number of nitrogens with one attached hydrogen (secondary N) is 2. The van der Waals surface area contributed by atoms with Gasteiger partial charge in [-0.15, -0.1) is 0 Å². The summed E-state index contributed by atoms with van der Waals surface area (Å²) in [5.41, 5.74) is 2.07. The second-order valence-corrected chi connectivity index (χ2v) is 9.18. The van der Waals surface area contributed by atoms with Gasteiger partial charge in [0.05, 0.1) is 6.61 Å². The molecule has 2 aromatic carbocycles. The van der Waals surface area contributed by atoms with Crippen molar-refractivity contribution in [1.29, 1.82) is 0 Å². The molecular formula is C28H30N4O7. The van der Waals surface area contributed by atoms with Crippen molar-refractivity contribution in [2.45, 2.75) is 26.0 Å². The zero-order chi connectivity index (χ0) is 27.5. The van der Waals surface area contributed by atoms with Crippen LogP contribution >= 0.6 is 0 Å². The number of unbranched alkanes of at least 4 members (excludes halogenated alkanes) is 1. The van der Waals surface area contributed by atoms with Crippen LogP contribution in [0.25, 0.3) is 16.7 Å². The number of carbonyl (C=O) groups excluding carboxylic acids is 3. The maximum absolute atomic E-state index is 13.8. The first kappa shape index (κ1) is 26.0. The highest BCUT2D eigenvalue weighted by Gasteiger charge is 2.44. The van der Waals surface area contributed by atoms with Gasteiger partial charge in [-0.3, -0.25) is 14.5 Å². The van der Waals surface area contributed by atoms with Gasteiger partial charge in [0.25, 0.3) is 5.91 Å². The van der Waals surface area contributed by atoms with Crippen molar-refractivity contribution in [2.24, 2.45) is 0 Å². The number of rotatable bonds is 8. The fraction of sp³-hybridized carbons (Fsp3) is 0.321. The van der Waals surface area contributed by atoms with Crippen LogP contribution in [-0.4, -0.2) is 66.7 Å². The number of hydrogen-bond donors (Lipinski definition) is 2. The molecule has 0 fully saturated rings. The first-order chi connectivity index (χ1) is 18.9. The molecule has 2 aliphatic rings. The molecule has 0 spiro atoms. The van der Waals surface area contributed by atoms with E-state index in [0.717, 1.165) is 23.7 Å². The zero-order valence-corrected chi connectivity index (χ0v) is 22.0. The van der Waals surface area contributed by atoms with Gasteiger partial charge in [-0.2, -0.15) is 0 Å². The number of benzene rings is 2. The van der Waals surface area contributed by atoms with E-state index < -0.39 is 24.1 Å². The standard InChI is InChI=1S/C28H30N4O7/c1-4-5-12-36-28(35)31(3)15-23(33)32-24(26(34)29-2)25(19-14-30-20-9-7-6-8-18(19)20)39-27(32)17-10-11-21-22(13-17)38-16-37-21/h6-11,13-14,27,30H,4-5,12,15-16H2,1-3H3,(H,29,34). The minimum atomic E-state index is -1.01. The topological polar surface area (TPSA) is 122 Å². The lowest BCUT2D eigenvalue weighted by Crippen LogP contribution is -2.43. The largest absolute Gasteiger partial charge is 0.463 e. The number of fused-ring (bicyclic) bond motifs is 2. The lowest BCUT2D eigenvalue weighted by atomic mass is 10.1. The molecule has 3 amide bonds. The number of H-pyrrole nitrogens is 1. The Bertz CT molecular complexity index is 1450. The van der Waals surface area contributed by atoms with Gasteiger partial charge in [0.1, 0.15) is 6.54 Å². The third-order valence-electron chi connectivity index (χ3n) is 6.55. The number of carbonyl (C=O) groups is 3. The smallest absolute Gasteiger partial charge is 0.409 e. The van der Waals surface area contributed by atoms with Crippen molar-refractivity contribution < 1.29 is 33.3 Å². The fourth-order valence-electron chi connectivity index (χ4n) is 4.53. The molecule has 0 radical (unpaired) electrons. The molecule has 0 bridgehead atoms. The molecule has 11 heteroatoms. The van der Waals surface area contributed by atoms with Crippen molar-refractivity contribution in [3.63, 3.8) is 0 Å². The highest BCUT2D eigenvalue weighted by atomic mass is 16.7. The van der Waals surface area contributed by atoms with E-state index in [0.29, 0.717) is 22.6 Å². The fourth-order valence-corrected chi connectivity index (χ4v) is 4.53. The number of hydrogen-bond acceptors (Lipinski definition) is 7. The van der Waals surface area contributed by atoms with Crippen molar-refractivity contribution >= 4 is 34.6 Å². The molecule has 39 heavy (non-hydrogen) atoms. The summed E-state index contributed by atoms with van der Waals surface area (Å²) >= 11 is 0. The molecule has 3 heterocycles. The van der Waals surface area contributed by atoms with Gasteiger partial charge < -0.3 is 34.1 Å². The second kappa shape index (κ2) is 11.0. The van der Waals surface area contributed by atoms with Crippen molar-refractivity contribution in [3.05, 3.63) is 65.5 Å². The summed E-state index contributed by atoms with van der Waals surface area (Å²) in [6, 6.07) is 12.8. The van der Waals surface area contributed by atoms with Crippen molar-refractivity contribution in [2.75, 3.05) is 34.0 Å². The monoisotopic (exact) mass is 534 g/mol. The van der Waals surface area contributed by atoms with E-state index in [2.05, 4.69) is 10.3 Å². The molecule has 1 atom stereocenters. The molecular weight excluding hydrogens is 504 g/mol. The van der Waals surface area contributed by atoms with Crippen molar-refractivity contribution in [3.8, 4) is 11.5 Å². The average Bonchev–Trinajstić information content (AvgIpc) is 3.68. The lowest BCUT2D eigenvalue weighted by molar-refractivity contribution is -0.138. The van der Waals surface area contributed by atoms with Crippen LogP contribution in [0.15, 0.2) is 54.4 Å². The molecule has 0 saturated heterocycles. The Balaban J connectivity index is 1.56. The van der Waals surface area contributed by atoms with Gasteiger partial charge in [-0.05, 0) is 30.7 Å². The highest BCUT2D eigenvalue weighted by Crippen LogP contribution is 2.45. The van der Waals surface area contributed by atoms with Gasteiger partial charge in [0.15, 0.2) is 23.0 Å². The van der Waals surface area contributed by atoms with Crippen molar-refractivity contribution in [1.82, 2.24) is 20.1 Å². The molecule has 2 N–H and O–H groups in total. The molecule has 2 aliphatic heterocycles. The Morgan fingerprint density at radius 1 is 1.15 bits per heavy atom. The van der Waals surface area contributed by atoms with E-state index in [1.165, 1.54) is 23.9 Å². The van der Waals surface area contributed by atoms with Gasteiger partial charge in [-0.1, -0.05) is 31.5 Å². The van der Waals surface area contributed by atoms with Crippen LogP contribution in [0, 0.1) is 0 Å². The van der Waals surface area contributed by atoms with Crippen LogP contribution in [0.3, 0.4) is 0 Å². The SMILES string of the molecule is CCCCOC(=O)N(C)CC(=O)N1C(C(=O)NC)=C(c2c[nH]c3ccccc23)OC1c1ccc2c(c1)OCO2. The van der Waals surface area contributed by atoms with E-state index in [1.807, 2.05) is 31.2 Å². The van der Waals surface area contributed by atoms with Crippen LogP contribution < -0.4 is 14.8 Å². The van der Waals surface area contributed by atoms with Gasteiger partial charge in [-0.25, -0.2) is 4.79 Å².